The molecule has 0 radical (unpaired) electrons. The van der Waals surface area contributed by atoms with Gasteiger partial charge in [0.05, 0.1) is 12.0 Å². The fourth-order valence-electron chi connectivity index (χ4n) is 2.83. The summed E-state index contributed by atoms with van der Waals surface area (Å²) in [6.45, 7) is 0.400. The van der Waals surface area contributed by atoms with Crippen LogP contribution in [0.5, 0.6) is 0 Å². The first-order valence-corrected chi connectivity index (χ1v) is 7.26. The molecule has 1 fully saturated rings. The summed E-state index contributed by atoms with van der Waals surface area (Å²) in [6, 6.07) is 3.34. The van der Waals surface area contributed by atoms with Crippen LogP contribution in [-0.2, 0) is 11.3 Å². The van der Waals surface area contributed by atoms with Gasteiger partial charge in [-0.2, -0.15) is 0 Å². The molecule has 0 spiro atoms. The number of carboxylic acid groups (broad SMARTS) is 1. The number of aromatic nitrogens is 1. The second-order valence-corrected chi connectivity index (χ2v) is 5.57. The number of carbonyl (C=O) groups excluding carboxylic acids is 1. The molecule has 2 rings (SSSR count). The van der Waals surface area contributed by atoms with Gasteiger partial charge in [-0.1, -0.05) is 19.3 Å². The highest BCUT2D eigenvalue weighted by Crippen LogP contribution is 2.31. The SMILES string of the molecule is O=C(O)CC1(NC(=O)NCc2ccncc2)CCCCC1. The molecule has 0 saturated heterocycles. The van der Waals surface area contributed by atoms with E-state index in [2.05, 4.69) is 15.6 Å². The maximum absolute atomic E-state index is 12.0. The highest BCUT2D eigenvalue weighted by molar-refractivity contribution is 5.76. The molecule has 0 aliphatic heterocycles. The number of carbonyl (C=O) groups is 2. The van der Waals surface area contributed by atoms with Crippen LogP contribution >= 0.6 is 0 Å². The van der Waals surface area contributed by atoms with E-state index in [1.807, 2.05) is 12.1 Å². The Bertz CT molecular complexity index is 484. The van der Waals surface area contributed by atoms with Gasteiger partial charge >= 0.3 is 12.0 Å². The van der Waals surface area contributed by atoms with Crippen molar-refractivity contribution in [2.45, 2.75) is 50.6 Å². The van der Waals surface area contributed by atoms with Crippen LogP contribution < -0.4 is 10.6 Å². The van der Waals surface area contributed by atoms with E-state index in [1.165, 1.54) is 0 Å². The normalized spacial score (nSPS) is 17.0. The molecule has 1 aromatic rings. The van der Waals surface area contributed by atoms with E-state index >= 15 is 0 Å². The smallest absolute Gasteiger partial charge is 0.315 e. The lowest BCUT2D eigenvalue weighted by molar-refractivity contribution is -0.139. The molecule has 21 heavy (non-hydrogen) atoms. The minimum atomic E-state index is -0.869. The maximum Gasteiger partial charge on any atom is 0.315 e. The van der Waals surface area contributed by atoms with Crippen molar-refractivity contribution in [2.24, 2.45) is 0 Å². The summed E-state index contributed by atoms with van der Waals surface area (Å²) in [4.78, 5) is 27.0. The molecule has 1 heterocycles. The number of rotatable bonds is 5. The first-order valence-electron chi connectivity index (χ1n) is 7.26. The van der Waals surface area contributed by atoms with Gasteiger partial charge in [-0.05, 0) is 30.5 Å². The lowest BCUT2D eigenvalue weighted by Gasteiger charge is -2.36. The van der Waals surface area contributed by atoms with E-state index in [4.69, 9.17) is 5.11 Å². The molecule has 0 unspecified atom stereocenters. The molecule has 114 valence electrons. The molecule has 1 aromatic heterocycles. The summed E-state index contributed by atoms with van der Waals surface area (Å²) in [5, 5.41) is 14.7. The number of hydrogen-bond acceptors (Lipinski definition) is 3. The number of hydrogen-bond donors (Lipinski definition) is 3. The van der Waals surface area contributed by atoms with Crippen molar-refractivity contribution < 1.29 is 14.7 Å². The van der Waals surface area contributed by atoms with E-state index in [-0.39, 0.29) is 12.5 Å². The molecule has 6 nitrogen and oxygen atoms in total. The summed E-state index contributed by atoms with van der Waals surface area (Å²) >= 11 is 0. The Morgan fingerprint density at radius 2 is 1.86 bits per heavy atom. The Kier molecular flexibility index (Phi) is 5.14. The zero-order valence-electron chi connectivity index (χ0n) is 12.0. The van der Waals surface area contributed by atoms with Crippen LogP contribution in [0.4, 0.5) is 4.79 Å². The summed E-state index contributed by atoms with van der Waals surface area (Å²) in [5.41, 5.74) is 0.350. The van der Waals surface area contributed by atoms with E-state index in [0.717, 1.165) is 37.7 Å². The number of nitrogens with one attached hydrogen (secondary N) is 2. The standard InChI is InChI=1S/C15H21N3O3/c19-13(20)10-15(6-2-1-3-7-15)18-14(21)17-11-12-4-8-16-9-5-12/h4-5,8-9H,1-3,6-7,10-11H2,(H,19,20)(H2,17,18,21). The quantitative estimate of drug-likeness (QED) is 0.774. The van der Waals surface area contributed by atoms with E-state index in [1.54, 1.807) is 12.4 Å². The van der Waals surface area contributed by atoms with Gasteiger partial charge in [0.25, 0.3) is 0 Å². The average molecular weight is 291 g/mol. The Balaban J connectivity index is 1.90. The van der Waals surface area contributed by atoms with Crippen LogP contribution in [0, 0.1) is 0 Å². The molecule has 0 aromatic carbocycles. The third-order valence-corrected chi connectivity index (χ3v) is 3.88. The van der Waals surface area contributed by atoms with Crippen molar-refractivity contribution in [3.8, 4) is 0 Å². The summed E-state index contributed by atoms with van der Waals surface area (Å²) in [7, 11) is 0. The predicted octanol–water partition coefficient (Wildman–Crippen LogP) is 2.06. The van der Waals surface area contributed by atoms with Gasteiger partial charge in [0.2, 0.25) is 0 Å². The minimum Gasteiger partial charge on any atom is -0.481 e. The molecule has 1 aliphatic rings. The summed E-state index contributed by atoms with van der Waals surface area (Å²) < 4.78 is 0. The highest BCUT2D eigenvalue weighted by Gasteiger charge is 2.35. The van der Waals surface area contributed by atoms with Gasteiger partial charge in [-0.25, -0.2) is 4.79 Å². The maximum atomic E-state index is 12.0. The van der Waals surface area contributed by atoms with Crippen LogP contribution in [0.1, 0.15) is 44.1 Å². The van der Waals surface area contributed by atoms with Crippen molar-refractivity contribution in [2.75, 3.05) is 0 Å². The number of nitrogens with zero attached hydrogens (tertiary/aromatic N) is 1. The number of carboxylic acids is 1. The average Bonchev–Trinajstić information content (AvgIpc) is 2.46. The van der Waals surface area contributed by atoms with Crippen molar-refractivity contribution in [3.63, 3.8) is 0 Å². The monoisotopic (exact) mass is 291 g/mol. The van der Waals surface area contributed by atoms with Crippen LogP contribution in [-0.4, -0.2) is 27.6 Å². The summed E-state index contributed by atoms with van der Waals surface area (Å²) in [5.74, 6) is -0.869. The number of amides is 2. The van der Waals surface area contributed by atoms with Gasteiger partial charge in [0.1, 0.15) is 0 Å². The largest absolute Gasteiger partial charge is 0.481 e. The minimum absolute atomic E-state index is 0.0182. The van der Waals surface area contributed by atoms with E-state index < -0.39 is 11.5 Å². The van der Waals surface area contributed by atoms with Crippen molar-refractivity contribution >= 4 is 12.0 Å². The topological polar surface area (TPSA) is 91.3 Å². The molecular formula is C15H21N3O3. The number of pyridine rings is 1. The van der Waals surface area contributed by atoms with E-state index in [9.17, 15) is 9.59 Å². The van der Waals surface area contributed by atoms with Crippen LogP contribution in [0.15, 0.2) is 24.5 Å². The van der Waals surface area contributed by atoms with Gasteiger partial charge in [-0.3, -0.25) is 9.78 Å². The third-order valence-electron chi connectivity index (χ3n) is 3.88. The molecule has 1 saturated carbocycles. The molecule has 3 N–H and O–H groups in total. The fraction of sp³-hybridized carbons (Fsp3) is 0.533. The molecule has 0 bridgehead atoms. The van der Waals surface area contributed by atoms with Gasteiger partial charge in [-0.15, -0.1) is 0 Å². The van der Waals surface area contributed by atoms with Crippen molar-refractivity contribution in [1.82, 2.24) is 15.6 Å². The van der Waals surface area contributed by atoms with Crippen LogP contribution in [0.3, 0.4) is 0 Å². The third kappa shape index (κ3) is 4.73. The Morgan fingerprint density at radius 3 is 2.48 bits per heavy atom. The second kappa shape index (κ2) is 7.06. The fourth-order valence-corrected chi connectivity index (χ4v) is 2.83. The highest BCUT2D eigenvalue weighted by atomic mass is 16.4. The molecule has 6 heteroatoms. The lowest BCUT2D eigenvalue weighted by Crippen LogP contribution is -2.54. The first kappa shape index (κ1) is 15.3. The molecular weight excluding hydrogens is 270 g/mol. The zero-order chi connectivity index (χ0) is 15.1. The lowest BCUT2D eigenvalue weighted by atomic mass is 9.79. The molecule has 0 atom stereocenters. The van der Waals surface area contributed by atoms with E-state index in [0.29, 0.717) is 6.54 Å². The molecule has 1 aliphatic carbocycles. The van der Waals surface area contributed by atoms with Crippen molar-refractivity contribution in [1.29, 1.82) is 0 Å². The van der Waals surface area contributed by atoms with Gasteiger partial charge in [0.15, 0.2) is 0 Å². The van der Waals surface area contributed by atoms with Gasteiger partial charge in [0, 0.05) is 18.9 Å². The Hall–Kier alpha value is -2.11. The van der Waals surface area contributed by atoms with Crippen molar-refractivity contribution in [3.05, 3.63) is 30.1 Å². The first-order chi connectivity index (χ1) is 10.1. The zero-order valence-corrected chi connectivity index (χ0v) is 12.0. The Labute approximate surface area is 124 Å². The predicted molar refractivity (Wildman–Crippen MR) is 77.7 cm³/mol. The van der Waals surface area contributed by atoms with Crippen LogP contribution in [0.25, 0.3) is 0 Å². The Morgan fingerprint density at radius 1 is 1.19 bits per heavy atom. The van der Waals surface area contributed by atoms with Gasteiger partial charge < -0.3 is 15.7 Å². The van der Waals surface area contributed by atoms with Crippen LogP contribution in [0.2, 0.25) is 0 Å². The number of aliphatic carboxylic acids is 1. The second-order valence-electron chi connectivity index (χ2n) is 5.57. The number of urea groups is 1. The summed E-state index contributed by atoms with van der Waals surface area (Å²) in [6.07, 6.45) is 7.78. The molecule has 2 amide bonds.